The average molecular weight is 501 g/mol. The van der Waals surface area contributed by atoms with E-state index in [2.05, 4.69) is 0 Å². The van der Waals surface area contributed by atoms with E-state index >= 15 is 0 Å². The second-order valence-electron chi connectivity index (χ2n) is 7.88. The van der Waals surface area contributed by atoms with Gasteiger partial charge in [0.05, 0.1) is 0 Å². The first kappa shape index (κ1) is 25.9. The Hall–Kier alpha value is -2.71. The number of unbranched alkanes of at least 4 members (excludes halogenated alkanes) is 1. The van der Waals surface area contributed by atoms with Gasteiger partial charge in [-0.2, -0.15) is 0 Å². The number of rotatable bonds is 10. The zero-order valence-corrected chi connectivity index (χ0v) is 20.9. The maximum Gasteiger partial charge on any atom is 0.311 e. The van der Waals surface area contributed by atoms with Gasteiger partial charge in [0, 0.05) is 37.3 Å². The molecule has 1 aliphatic heterocycles. The summed E-state index contributed by atoms with van der Waals surface area (Å²) in [5, 5.41) is 0.735. The fourth-order valence-electron chi connectivity index (χ4n) is 3.37. The van der Waals surface area contributed by atoms with Crippen LogP contribution in [0.15, 0.2) is 42.5 Å². The normalized spacial score (nSPS) is 15.3. The molecule has 6 nitrogen and oxygen atoms in total. The molecule has 1 saturated heterocycles. The maximum atomic E-state index is 12.1. The number of esters is 3. The number of carbonyl (C=O) groups is 3. The van der Waals surface area contributed by atoms with Crippen molar-refractivity contribution in [2.24, 2.45) is 0 Å². The first-order valence-electron chi connectivity index (χ1n) is 11.2. The standard InChI is InChI=1S/C26H28O6S2/c1-18(27)30-23-15-21(16-24(17-23)31-19(2)28)8-7-20-9-11-22(12-10-20)32-26(29)6-4-3-5-25-13-14-33-34-25/h7-12,15-17,25H,3-6,13-14H2,1-2H3/b8-7+. The van der Waals surface area contributed by atoms with Crippen LogP contribution < -0.4 is 14.2 Å². The Labute approximate surface area is 207 Å². The molecule has 1 atom stereocenters. The molecule has 0 saturated carbocycles. The predicted molar refractivity (Wildman–Crippen MR) is 137 cm³/mol. The van der Waals surface area contributed by atoms with Crippen LogP contribution in [0.1, 0.15) is 57.1 Å². The van der Waals surface area contributed by atoms with Gasteiger partial charge in [-0.25, -0.2) is 0 Å². The van der Waals surface area contributed by atoms with Gasteiger partial charge in [0.1, 0.15) is 17.2 Å². The van der Waals surface area contributed by atoms with Crippen LogP contribution in [0.3, 0.4) is 0 Å². The quantitative estimate of drug-likeness (QED) is 0.123. The minimum Gasteiger partial charge on any atom is -0.427 e. The third kappa shape index (κ3) is 9.27. The summed E-state index contributed by atoms with van der Waals surface area (Å²) >= 11 is 0. The molecule has 0 N–H and O–H groups in total. The van der Waals surface area contributed by atoms with Crippen molar-refractivity contribution in [3.05, 3.63) is 53.6 Å². The average Bonchev–Trinajstić information content (AvgIpc) is 3.29. The first-order chi connectivity index (χ1) is 16.4. The number of hydrogen-bond donors (Lipinski definition) is 0. The van der Waals surface area contributed by atoms with Crippen LogP contribution in [-0.2, 0) is 14.4 Å². The van der Waals surface area contributed by atoms with Crippen LogP contribution in [0.5, 0.6) is 17.2 Å². The highest BCUT2D eigenvalue weighted by Gasteiger charge is 2.16. The lowest BCUT2D eigenvalue weighted by molar-refractivity contribution is -0.135. The summed E-state index contributed by atoms with van der Waals surface area (Å²) in [6.45, 7) is 2.61. The third-order valence-corrected chi connectivity index (χ3v) is 7.90. The van der Waals surface area contributed by atoms with Crippen molar-refractivity contribution in [2.75, 3.05) is 5.75 Å². The van der Waals surface area contributed by atoms with E-state index in [-0.39, 0.29) is 17.5 Å². The summed E-state index contributed by atoms with van der Waals surface area (Å²) in [6.07, 6.45) is 8.43. The van der Waals surface area contributed by atoms with E-state index in [0.717, 1.165) is 30.1 Å². The Morgan fingerprint density at radius 2 is 1.50 bits per heavy atom. The highest BCUT2D eigenvalue weighted by molar-refractivity contribution is 8.77. The van der Waals surface area contributed by atoms with E-state index in [4.69, 9.17) is 14.2 Å². The summed E-state index contributed by atoms with van der Waals surface area (Å²) in [4.78, 5) is 34.7. The van der Waals surface area contributed by atoms with Crippen LogP contribution in [0.2, 0.25) is 0 Å². The van der Waals surface area contributed by atoms with E-state index < -0.39 is 11.9 Å². The van der Waals surface area contributed by atoms with E-state index in [1.54, 1.807) is 24.3 Å². The summed E-state index contributed by atoms with van der Waals surface area (Å²) in [5.74, 6) is 1.18. The summed E-state index contributed by atoms with van der Waals surface area (Å²) in [5.41, 5.74) is 1.58. The van der Waals surface area contributed by atoms with E-state index in [0.29, 0.717) is 17.7 Å². The zero-order chi connectivity index (χ0) is 24.3. The minimum absolute atomic E-state index is 0.211. The van der Waals surface area contributed by atoms with Crippen LogP contribution >= 0.6 is 21.6 Å². The highest BCUT2D eigenvalue weighted by Crippen LogP contribution is 2.39. The molecule has 1 aliphatic rings. The molecule has 3 rings (SSSR count). The van der Waals surface area contributed by atoms with Crippen LogP contribution in [0.4, 0.5) is 0 Å². The Morgan fingerprint density at radius 1 is 0.853 bits per heavy atom. The topological polar surface area (TPSA) is 78.9 Å². The van der Waals surface area contributed by atoms with Crippen LogP contribution in [0.25, 0.3) is 12.2 Å². The number of benzene rings is 2. The molecule has 34 heavy (non-hydrogen) atoms. The second kappa shape index (κ2) is 13.2. The number of hydrogen-bond acceptors (Lipinski definition) is 8. The van der Waals surface area contributed by atoms with Gasteiger partial charge in [-0.1, -0.05) is 52.3 Å². The Balaban J connectivity index is 1.53. The van der Waals surface area contributed by atoms with Gasteiger partial charge in [0.25, 0.3) is 0 Å². The molecule has 180 valence electrons. The minimum atomic E-state index is -0.466. The second-order valence-corrected chi connectivity index (χ2v) is 10.7. The highest BCUT2D eigenvalue weighted by atomic mass is 33.1. The van der Waals surface area contributed by atoms with Crippen molar-refractivity contribution in [2.45, 2.75) is 51.2 Å². The molecule has 0 aliphatic carbocycles. The molecule has 0 spiro atoms. The number of ether oxygens (including phenoxy) is 3. The Bertz CT molecular complexity index is 992. The molecule has 0 aromatic heterocycles. The van der Waals surface area contributed by atoms with E-state index in [1.807, 2.05) is 45.9 Å². The van der Waals surface area contributed by atoms with Crippen LogP contribution in [0, 0.1) is 0 Å². The first-order valence-corrected chi connectivity index (χ1v) is 13.5. The lowest BCUT2D eigenvalue weighted by Crippen LogP contribution is -2.08. The van der Waals surface area contributed by atoms with Crippen molar-refractivity contribution >= 4 is 51.6 Å². The fraction of sp³-hybridized carbons (Fsp3) is 0.346. The lowest BCUT2D eigenvalue weighted by Gasteiger charge is -2.08. The maximum absolute atomic E-state index is 12.1. The van der Waals surface area contributed by atoms with E-state index in [1.165, 1.54) is 32.1 Å². The molecule has 0 bridgehead atoms. The molecule has 2 aromatic rings. The zero-order valence-electron chi connectivity index (χ0n) is 19.3. The Kier molecular flexibility index (Phi) is 10.1. The van der Waals surface area contributed by atoms with Gasteiger partial charge >= 0.3 is 17.9 Å². The molecule has 1 unspecified atom stereocenters. The van der Waals surface area contributed by atoms with Gasteiger partial charge in [-0.05, 0) is 54.7 Å². The number of carbonyl (C=O) groups excluding carboxylic acids is 3. The largest absolute Gasteiger partial charge is 0.427 e. The summed E-state index contributed by atoms with van der Waals surface area (Å²) in [6, 6.07) is 12.0. The molecule has 1 fully saturated rings. The smallest absolute Gasteiger partial charge is 0.311 e. The van der Waals surface area contributed by atoms with Gasteiger partial charge in [0.2, 0.25) is 0 Å². The Morgan fingerprint density at radius 3 is 2.09 bits per heavy atom. The SMILES string of the molecule is CC(=O)Oc1cc(/C=C/c2ccc(OC(=O)CCCCC3CCSS3)cc2)cc(OC(C)=O)c1. The lowest BCUT2D eigenvalue weighted by atomic mass is 10.1. The predicted octanol–water partition coefficient (Wildman–Crippen LogP) is 6.33. The monoisotopic (exact) mass is 500 g/mol. The molecular formula is C26H28O6S2. The summed E-state index contributed by atoms with van der Waals surface area (Å²) in [7, 11) is 3.91. The molecule has 2 aromatic carbocycles. The molecule has 0 amide bonds. The van der Waals surface area contributed by atoms with Crippen LogP contribution in [-0.4, -0.2) is 28.9 Å². The van der Waals surface area contributed by atoms with E-state index in [9.17, 15) is 14.4 Å². The molecular weight excluding hydrogens is 472 g/mol. The summed E-state index contributed by atoms with van der Waals surface area (Å²) < 4.78 is 15.7. The van der Waals surface area contributed by atoms with Crippen molar-refractivity contribution < 1.29 is 28.6 Å². The van der Waals surface area contributed by atoms with Gasteiger partial charge in [-0.15, -0.1) is 0 Å². The van der Waals surface area contributed by atoms with Gasteiger partial charge in [0.15, 0.2) is 0 Å². The van der Waals surface area contributed by atoms with Crippen molar-refractivity contribution in [3.63, 3.8) is 0 Å². The van der Waals surface area contributed by atoms with Crippen molar-refractivity contribution in [1.82, 2.24) is 0 Å². The van der Waals surface area contributed by atoms with Gasteiger partial charge < -0.3 is 14.2 Å². The molecule has 8 heteroatoms. The van der Waals surface area contributed by atoms with Gasteiger partial charge in [-0.3, -0.25) is 14.4 Å². The third-order valence-electron chi connectivity index (χ3n) is 4.89. The molecule has 0 radical (unpaired) electrons. The fourth-order valence-corrected chi connectivity index (χ4v) is 6.40. The molecule has 1 heterocycles. The van der Waals surface area contributed by atoms with Crippen molar-refractivity contribution in [3.8, 4) is 17.2 Å². The van der Waals surface area contributed by atoms with Crippen molar-refractivity contribution in [1.29, 1.82) is 0 Å².